The Balaban J connectivity index is 1.81. The van der Waals surface area contributed by atoms with Crippen LogP contribution in [-0.4, -0.2) is 9.55 Å². The molecule has 2 nitrogen and oxygen atoms in total. The fourth-order valence-electron chi connectivity index (χ4n) is 3.36. The van der Waals surface area contributed by atoms with Gasteiger partial charge in [0.2, 0.25) is 0 Å². The molecule has 0 fully saturated rings. The van der Waals surface area contributed by atoms with Crippen molar-refractivity contribution in [2.45, 2.75) is 25.3 Å². The lowest BCUT2D eigenvalue weighted by molar-refractivity contribution is 0.448. The van der Waals surface area contributed by atoms with Crippen LogP contribution >= 0.6 is 12.2 Å². The van der Waals surface area contributed by atoms with Gasteiger partial charge in [0.25, 0.3) is 0 Å². The summed E-state index contributed by atoms with van der Waals surface area (Å²) < 4.78 is 16.2. The maximum atomic E-state index is 13.4. The van der Waals surface area contributed by atoms with Crippen LogP contribution in [-0.2, 0) is 12.8 Å². The number of aromatic amines is 1. The Morgan fingerprint density at radius 1 is 1.14 bits per heavy atom. The Labute approximate surface area is 127 Å². The number of fused-ring (bicyclic) bond motifs is 2. The molecule has 1 heterocycles. The Morgan fingerprint density at radius 3 is 2.81 bits per heavy atom. The van der Waals surface area contributed by atoms with Gasteiger partial charge in [-0.1, -0.05) is 24.3 Å². The van der Waals surface area contributed by atoms with Crippen molar-refractivity contribution in [3.8, 4) is 0 Å². The van der Waals surface area contributed by atoms with Crippen LogP contribution in [0.2, 0.25) is 0 Å². The molecule has 0 radical (unpaired) electrons. The molecule has 1 aliphatic rings. The van der Waals surface area contributed by atoms with Gasteiger partial charge < -0.3 is 9.55 Å². The minimum atomic E-state index is -0.236. The Kier molecular flexibility index (Phi) is 2.93. The van der Waals surface area contributed by atoms with Crippen LogP contribution in [0.4, 0.5) is 4.39 Å². The van der Waals surface area contributed by atoms with E-state index in [1.807, 2.05) is 6.07 Å². The molecule has 0 saturated carbocycles. The molecule has 106 valence electrons. The number of aryl methyl sites for hydroxylation is 1. The number of hydrogen-bond donors (Lipinski definition) is 1. The lowest BCUT2D eigenvalue weighted by Crippen LogP contribution is -2.18. The van der Waals surface area contributed by atoms with Crippen LogP contribution in [0, 0.1) is 10.6 Å². The number of imidazole rings is 1. The topological polar surface area (TPSA) is 20.7 Å². The lowest BCUT2D eigenvalue weighted by atomic mass is 9.88. The highest BCUT2D eigenvalue weighted by Crippen LogP contribution is 2.31. The minimum absolute atomic E-state index is 0.236. The number of hydrogen-bond acceptors (Lipinski definition) is 1. The molecular weight excluding hydrogens is 283 g/mol. The highest BCUT2D eigenvalue weighted by molar-refractivity contribution is 7.71. The van der Waals surface area contributed by atoms with E-state index in [-0.39, 0.29) is 5.82 Å². The highest BCUT2D eigenvalue weighted by atomic mass is 32.1. The molecule has 0 amide bonds. The summed E-state index contributed by atoms with van der Waals surface area (Å²) in [5, 5.41) is 0. The summed E-state index contributed by atoms with van der Waals surface area (Å²) >= 11 is 5.46. The largest absolute Gasteiger partial charge is 0.330 e. The van der Waals surface area contributed by atoms with Crippen LogP contribution in [0.25, 0.3) is 11.0 Å². The zero-order valence-electron chi connectivity index (χ0n) is 11.5. The molecule has 1 atom stereocenters. The quantitative estimate of drug-likeness (QED) is 0.653. The van der Waals surface area contributed by atoms with E-state index in [2.05, 4.69) is 33.8 Å². The van der Waals surface area contributed by atoms with Gasteiger partial charge in [-0.15, -0.1) is 0 Å². The predicted octanol–water partition coefficient (Wildman–Crippen LogP) is 4.57. The second-order valence-corrected chi connectivity index (χ2v) is 6.01. The molecule has 4 heteroatoms. The first kappa shape index (κ1) is 12.8. The minimum Gasteiger partial charge on any atom is -0.330 e. The van der Waals surface area contributed by atoms with Gasteiger partial charge >= 0.3 is 0 Å². The molecule has 0 bridgehead atoms. The van der Waals surface area contributed by atoms with Crippen LogP contribution in [0.1, 0.15) is 23.6 Å². The number of aromatic nitrogens is 2. The maximum absolute atomic E-state index is 13.4. The molecule has 1 unspecified atom stereocenters. The van der Waals surface area contributed by atoms with E-state index in [0.29, 0.717) is 10.8 Å². The molecule has 0 aliphatic heterocycles. The van der Waals surface area contributed by atoms with Crippen molar-refractivity contribution >= 4 is 23.3 Å². The van der Waals surface area contributed by atoms with Gasteiger partial charge in [-0.25, -0.2) is 4.39 Å². The molecule has 1 aromatic heterocycles. The van der Waals surface area contributed by atoms with Crippen molar-refractivity contribution in [2.24, 2.45) is 0 Å². The second kappa shape index (κ2) is 4.81. The van der Waals surface area contributed by atoms with E-state index in [1.165, 1.54) is 23.3 Å². The summed E-state index contributed by atoms with van der Waals surface area (Å²) in [6, 6.07) is 13.7. The number of benzene rings is 2. The third kappa shape index (κ3) is 2.10. The summed E-state index contributed by atoms with van der Waals surface area (Å²) in [6.07, 6.45) is 3.11. The molecule has 4 rings (SSSR count). The molecule has 1 N–H and O–H groups in total. The fraction of sp³-hybridized carbons (Fsp3) is 0.235. The number of halogens is 1. The SMILES string of the molecule is Fc1ccc2c(c1)[nH]c(=S)n2C1CCc2ccccc2C1. The highest BCUT2D eigenvalue weighted by Gasteiger charge is 2.22. The first-order chi connectivity index (χ1) is 10.2. The van der Waals surface area contributed by atoms with E-state index in [9.17, 15) is 4.39 Å². The number of nitrogens with one attached hydrogen (secondary N) is 1. The summed E-state index contributed by atoms with van der Waals surface area (Å²) in [7, 11) is 0. The number of H-pyrrole nitrogens is 1. The zero-order valence-corrected chi connectivity index (χ0v) is 12.3. The van der Waals surface area contributed by atoms with E-state index in [4.69, 9.17) is 12.2 Å². The van der Waals surface area contributed by atoms with Crippen molar-refractivity contribution in [3.63, 3.8) is 0 Å². The van der Waals surface area contributed by atoms with Gasteiger partial charge in [-0.2, -0.15) is 0 Å². The molecule has 2 aromatic carbocycles. The van der Waals surface area contributed by atoms with Gasteiger partial charge in [0.1, 0.15) is 5.82 Å². The molecule has 21 heavy (non-hydrogen) atoms. The standard InChI is InChI=1S/C17H15FN2S/c18-13-6-8-16-15(10-13)19-17(21)20(16)14-7-5-11-3-1-2-4-12(11)9-14/h1-4,6,8,10,14H,5,7,9H2,(H,19,21). The zero-order chi connectivity index (χ0) is 14.4. The first-order valence-corrected chi connectivity index (χ1v) is 7.60. The first-order valence-electron chi connectivity index (χ1n) is 7.19. The second-order valence-electron chi connectivity index (χ2n) is 5.63. The average Bonchev–Trinajstić information content (AvgIpc) is 2.81. The Hall–Kier alpha value is -1.94. The molecule has 1 aliphatic carbocycles. The van der Waals surface area contributed by atoms with Gasteiger partial charge in [0.15, 0.2) is 4.77 Å². The van der Waals surface area contributed by atoms with Crippen molar-refractivity contribution in [3.05, 3.63) is 64.2 Å². The van der Waals surface area contributed by atoms with Gasteiger partial charge in [-0.3, -0.25) is 0 Å². The van der Waals surface area contributed by atoms with Crippen molar-refractivity contribution in [2.75, 3.05) is 0 Å². The summed E-state index contributed by atoms with van der Waals surface area (Å²) in [6.45, 7) is 0. The van der Waals surface area contributed by atoms with Crippen LogP contribution in [0.3, 0.4) is 0 Å². The fourth-order valence-corrected chi connectivity index (χ4v) is 3.72. The van der Waals surface area contributed by atoms with E-state index in [0.717, 1.165) is 30.3 Å². The maximum Gasteiger partial charge on any atom is 0.178 e. The predicted molar refractivity (Wildman–Crippen MR) is 84.6 cm³/mol. The molecule has 3 aromatic rings. The third-order valence-corrected chi connectivity index (χ3v) is 4.66. The summed E-state index contributed by atoms with van der Waals surface area (Å²) in [5.41, 5.74) is 4.60. The smallest absolute Gasteiger partial charge is 0.178 e. The Morgan fingerprint density at radius 2 is 1.95 bits per heavy atom. The van der Waals surface area contributed by atoms with Crippen molar-refractivity contribution < 1.29 is 4.39 Å². The van der Waals surface area contributed by atoms with E-state index in [1.54, 1.807) is 0 Å². The van der Waals surface area contributed by atoms with Gasteiger partial charge in [0.05, 0.1) is 11.0 Å². The monoisotopic (exact) mass is 298 g/mol. The van der Waals surface area contributed by atoms with Gasteiger partial charge in [-0.05, 0) is 60.8 Å². The number of nitrogens with zero attached hydrogens (tertiary/aromatic N) is 1. The normalized spacial score (nSPS) is 17.9. The number of rotatable bonds is 1. The lowest BCUT2D eigenvalue weighted by Gasteiger charge is -2.26. The molecule has 0 spiro atoms. The van der Waals surface area contributed by atoms with Crippen LogP contribution in [0.5, 0.6) is 0 Å². The van der Waals surface area contributed by atoms with Crippen molar-refractivity contribution in [1.29, 1.82) is 0 Å². The van der Waals surface area contributed by atoms with Crippen LogP contribution < -0.4 is 0 Å². The molecule has 0 saturated heterocycles. The third-order valence-electron chi connectivity index (χ3n) is 4.36. The van der Waals surface area contributed by atoms with E-state index < -0.39 is 0 Å². The van der Waals surface area contributed by atoms with Crippen molar-refractivity contribution in [1.82, 2.24) is 9.55 Å². The average molecular weight is 298 g/mol. The van der Waals surface area contributed by atoms with E-state index >= 15 is 0 Å². The van der Waals surface area contributed by atoms with Crippen LogP contribution in [0.15, 0.2) is 42.5 Å². The van der Waals surface area contributed by atoms with Gasteiger partial charge in [0, 0.05) is 6.04 Å². The summed E-state index contributed by atoms with van der Waals surface area (Å²) in [5.74, 6) is -0.236. The summed E-state index contributed by atoms with van der Waals surface area (Å²) in [4.78, 5) is 3.13. The molecular formula is C17H15FN2S. The Bertz CT molecular complexity index is 878.